The van der Waals surface area contributed by atoms with E-state index in [4.69, 9.17) is 11.6 Å². The second kappa shape index (κ2) is 2.64. The van der Waals surface area contributed by atoms with Gasteiger partial charge in [-0.25, -0.2) is 0 Å². The summed E-state index contributed by atoms with van der Waals surface area (Å²) in [6.07, 6.45) is 2.47. The van der Waals surface area contributed by atoms with Crippen molar-refractivity contribution in [3.05, 3.63) is 35.0 Å². The second-order valence-electron chi connectivity index (χ2n) is 2.52. The average Bonchev–Trinajstić information content (AvgIpc) is 2.49. The van der Waals surface area contributed by atoms with Crippen molar-refractivity contribution in [2.75, 3.05) is 0 Å². The van der Waals surface area contributed by atoms with E-state index in [2.05, 4.69) is 4.98 Å². The molecule has 2 aromatic rings. The highest BCUT2D eigenvalue weighted by molar-refractivity contribution is 6.35. The van der Waals surface area contributed by atoms with Gasteiger partial charge >= 0.3 is 0 Å². The number of fused-ring (bicyclic) bond motifs is 1. The van der Waals surface area contributed by atoms with Gasteiger partial charge in [-0.15, -0.1) is 0 Å². The number of nitrogens with one attached hydrogen (secondary N) is 1. The summed E-state index contributed by atoms with van der Waals surface area (Å²) in [5, 5.41) is 1.51. The van der Waals surface area contributed by atoms with E-state index in [1.165, 1.54) is 0 Å². The Labute approximate surface area is 74.2 Å². The summed E-state index contributed by atoms with van der Waals surface area (Å²) in [4.78, 5) is 13.5. The largest absolute Gasteiger partial charge is 0.359 e. The lowest BCUT2D eigenvalue weighted by Crippen LogP contribution is -1.73. The number of hydrogen-bond donors (Lipinski definition) is 1. The Morgan fingerprint density at radius 1 is 1.42 bits per heavy atom. The summed E-state index contributed by atoms with van der Waals surface area (Å²) < 4.78 is 0. The monoisotopic (exact) mass is 179 g/mol. The van der Waals surface area contributed by atoms with E-state index in [1.54, 1.807) is 12.3 Å². The minimum atomic E-state index is 0.639. The van der Waals surface area contributed by atoms with E-state index in [-0.39, 0.29) is 0 Å². The molecule has 2 rings (SSSR count). The average molecular weight is 180 g/mol. The number of halogens is 1. The van der Waals surface area contributed by atoms with E-state index >= 15 is 0 Å². The molecular formula is C9H6ClNO. The van der Waals surface area contributed by atoms with Crippen LogP contribution in [-0.2, 0) is 0 Å². The number of aromatic amines is 1. The van der Waals surface area contributed by atoms with Crippen LogP contribution < -0.4 is 0 Å². The van der Waals surface area contributed by atoms with Gasteiger partial charge in [0.05, 0.1) is 10.5 Å². The number of carbonyl (C=O) groups is 1. The van der Waals surface area contributed by atoms with Crippen molar-refractivity contribution in [3.8, 4) is 0 Å². The van der Waals surface area contributed by atoms with E-state index in [9.17, 15) is 4.79 Å². The third-order valence-corrected chi connectivity index (χ3v) is 2.14. The first kappa shape index (κ1) is 7.37. The maximum atomic E-state index is 10.5. The van der Waals surface area contributed by atoms with Crippen LogP contribution in [0.15, 0.2) is 24.4 Å². The summed E-state index contributed by atoms with van der Waals surface area (Å²) in [6.45, 7) is 0. The van der Waals surface area contributed by atoms with Crippen LogP contribution >= 0.6 is 11.6 Å². The minimum absolute atomic E-state index is 0.639. The number of carbonyl (C=O) groups excluding carboxylic acids is 1. The van der Waals surface area contributed by atoms with Crippen LogP contribution in [0, 0.1) is 0 Å². The molecule has 1 aromatic carbocycles. The highest BCUT2D eigenvalue weighted by Crippen LogP contribution is 2.23. The van der Waals surface area contributed by atoms with Gasteiger partial charge in [0.1, 0.15) is 0 Å². The summed E-state index contributed by atoms with van der Waals surface area (Å²) in [5.74, 6) is 0. The molecule has 1 heterocycles. The van der Waals surface area contributed by atoms with Crippen LogP contribution in [0.3, 0.4) is 0 Å². The highest BCUT2D eigenvalue weighted by atomic mass is 35.5. The fourth-order valence-electron chi connectivity index (χ4n) is 1.24. The molecule has 0 aliphatic heterocycles. The molecule has 0 atom stereocenters. The number of aromatic nitrogens is 1. The van der Waals surface area contributed by atoms with E-state index in [0.29, 0.717) is 10.6 Å². The third kappa shape index (κ3) is 0.924. The molecule has 2 nitrogen and oxygen atoms in total. The van der Waals surface area contributed by atoms with Crippen molar-refractivity contribution in [1.82, 2.24) is 4.98 Å². The van der Waals surface area contributed by atoms with Crippen molar-refractivity contribution in [3.63, 3.8) is 0 Å². The quantitative estimate of drug-likeness (QED) is 0.671. The number of aldehydes is 1. The molecule has 0 amide bonds. The molecule has 0 radical (unpaired) electrons. The summed E-state index contributed by atoms with van der Waals surface area (Å²) in [5.41, 5.74) is 1.47. The summed E-state index contributed by atoms with van der Waals surface area (Å²) >= 11 is 5.88. The molecule has 0 saturated carbocycles. The lowest BCUT2D eigenvalue weighted by Gasteiger charge is -1.91. The number of hydrogen-bond acceptors (Lipinski definition) is 1. The normalized spacial score (nSPS) is 10.4. The molecule has 12 heavy (non-hydrogen) atoms. The Balaban J connectivity index is 2.88. The van der Waals surface area contributed by atoms with Crippen molar-refractivity contribution >= 4 is 28.8 Å². The maximum Gasteiger partial charge on any atom is 0.152 e. The highest BCUT2D eigenvalue weighted by Gasteiger charge is 2.03. The molecule has 0 unspecified atom stereocenters. The van der Waals surface area contributed by atoms with E-state index < -0.39 is 0 Å². The number of H-pyrrole nitrogens is 1. The van der Waals surface area contributed by atoms with Gasteiger partial charge in [-0.1, -0.05) is 23.7 Å². The molecular weight excluding hydrogens is 174 g/mol. The standard InChI is InChI=1S/C9H6ClNO/c10-8-3-1-2-7-6(5-12)4-11-9(7)8/h1-5,11H. The number of benzene rings is 1. The van der Waals surface area contributed by atoms with Gasteiger partial charge in [0, 0.05) is 17.1 Å². The summed E-state index contributed by atoms with van der Waals surface area (Å²) in [7, 11) is 0. The zero-order valence-electron chi connectivity index (χ0n) is 6.17. The van der Waals surface area contributed by atoms with Crippen molar-refractivity contribution in [2.45, 2.75) is 0 Å². The molecule has 1 N–H and O–H groups in total. The Morgan fingerprint density at radius 3 is 3.00 bits per heavy atom. The van der Waals surface area contributed by atoms with Gasteiger partial charge < -0.3 is 4.98 Å². The van der Waals surface area contributed by atoms with Crippen LogP contribution in [0.4, 0.5) is 0 Å². The molecule has 0 aliphatic carbocycles. The smallest absolute Gasteiger partial charge is 0.152 e. The first-order valence-electron chi connectivity index (χ1n) is 3.53. The molecule has 3 heteroatoms. The van der Waals surface area contributed by atoms with Gasteiger partial charge in [-0.2, -0.15) is 0 Å². The Kier molecular flexibility index (Phi) is 1.62. The summed E-state index contributed by atoms with van der Waals surface area (Å²) in [6, 6.07) is 5.47. The SMILES string of the molecule is O=Cc1c[nH]c2c(Cl)cccc12. The second-order valence-corrected chi connectivity index (χ2v) is 2.93. The molecule has 0 saturated heterocycles. The Hall–Kier alpha value is -1.28. The molecule has 1 aromatic heterocycles. The van der Waals surface area contributed by atoms with Gasteiger partial charge in [-0.3, -0.25) is 4.79 Å². The van der Waals surface area contributed by atoms with Crippen LogP contribution in [0.2, 0.25) is 5.02 Å². The first-order chi connectivity index (χ1) is 5.83. The van der Waals surface area contributed by atoms with E-state index in [1.807, 2.05) is 12.1 Å². The first-order valence-corrected chi connectivity index (χ1v) is 3.91. The number of rotatable bonds is 1. The molecule has 0 bridgehead atoms. The van der Waals surface area contributed by atoms with Crippen LogP contribution in [-0.4, -0.2) is 11.3 Å². The Bertz CT molecular complexity index is 433. The van der Waals surface area contributed by atoms with Gasteiger partial charge in [0.2, 0.25) is 0 Å². The lowest BCUT2D eigenvalue weighted by atomic mass is 10.2. The van der Waals surface area contributed by atoms with Crippen LogP contribution in [0.25, 0.3) is 10.9 Å². The van der Waals surface area contributed by atoms with Crippen molar-refractivity contribution < 1.29 is 4.79 Å². The predicted molar refractivity (Wildman–Crippen MR) is 48.7 cm³/mol. The maximum absolute atomic E-state index is 10.5. The molecule has 0 fully saturated rings. The third-order valence-electron chi connectivity index (χ3n) is 1.82. The van der Waals surface area contributed by atoms with E-state index in [0.717, 1.165) is 17.2 Å². The minimum Gasteiger partial charge on any atom is -0.359 e. The lowest BCUT2D eigenvalue weighted by molar-refractivity contribution is 0.112. The van der Waals surface area contributed by atoms with Crippen LogP contribution in [0.1, 0.15) is 10.4 Å². The van der Waals surface area contributed by atoms with Crippen molar-refractivity contribution in [1.29, 1.82) is 0 Å². The predicted octanol–water partition coefficient (Wildman–Crippen LogP) is 2.63. The van der Waals surface area contributed by atoms with Gasteiger partial charge in [-0.05, 0) is 6.07 Å². The Morgan fingerprint density at radius 2 is 2.25 bits per heavy atom. The zero-order valence-corrected chi connectivity index (χ0v) is 6.93. The number of para-hydroxylation sites is 1. The fourth-order valence-corrected chi connectivity index (χ4v) is 1.47. The molecule has 60 valence electrons. The fraction of sp³-hybridized carbons (Fsp3) is 0. The van der Waals surface area contributed by atoms with Gasteiger partial charge in [0.15, 0.2) is 6.29 Å². The zero-order chi connectivity index (χ0) is 8.55. The topological polar surface area (TPSA) is 32.9 Å². The van der Waals surface area contributed by atoms with Gasteiger partial charge in [0.25, 0.3) is 0 Å². The molecule has 0 spiro atoms. The molecule has 0 aliphatic rings. The van der Waals surface area contributed by atoms with Crippen molar-refractivity contribution in [2.24, 2.45) is 0 Å². The van der Waals surface area contributed by atoms with Crippen LogP contribution in [0.5, 0.6) is 0 Å².